The van der Waals surface area contributed by atoms with E-state index in [2.05, 4.69) is 18.3 Å². The summed E-state index contributed by atoms with van der Waals surface area (Å²) in [5, 5.41) is 3.27. The maximum absolute atomic E-state index is 12.5. The van der Waals surface area contributed by atoms with Gasteiger partial charge in [0.1, 0.15) is 5.75 Å². The number of likely N-dealkylation sites (N-methyl/N-ethyl adjacent to an activating group) is 1. The van der Waals surface area contributed by atoms with Gasteiger partial charge in [-0.3, -0.25) is 4.79 Å². The normalized spacial score (nSPS) is 21.8. The number of ether oxygens (including phenoxy) is 1. The van der Waals surface area contributed by atoms with Crippen molar-refractivity contribution in [3.8, 4) is 5.75 Å². The molecule has 0 saturated carbocycles. The average Bonchev–Trinajstić information content (AvgIpc) is 2.92. The minimum absolute atomic E-state index is 0.234. The van der Waals surface area contributed by atoms with E-state index in [0.29, 0.717) is 0 Å². The SMILES string of the molecule is COc1ccccc1CCN(C)C(=O)[C@@]1(C)CCNC1. The second-order valence-electron chi connectivity index (χ2n) is 5.78. The molecule has 0 aromatic heterocycles. The van der Waals surface area contributed by atoms with Crippen LogP contribution in [0, 0.1) is 5.41 Å². The van der Waals surface area contributed by atoms with Crippen LogP contribution in [-0.4, -0.2) is 44.6 Å². The molecule has 4 heteroatoms. The van der Waals surface area contributed by atoms with Crippen LogP contribution in [0.1, 0.15) is 18.9 Å². The zero-order valence-corrected chi connectivity index (χ0v) is 12.6. The minimum Gasteiger partial charge on any atom is -0.496 e. The summed E-state index contributed by atoms with van der Waals surface area (Å²) in [4.78, 5) is 14.3. The Morgan fingerprint density at radius 2 is 2.20 bits per heavy atom. The monoisotopic (exact) mass is 276 g/mol. The summed E-state index contributed by atoms with van der Waals surface area (Å²) in [5.74, 6) is 1.12. The van der Waals surface area contributed by atoms with Crippen molar-refractivity contribution in [2.24, 2.45) is 5.41 Å². The van der Waals surface area contributed by atoms with E-state index in [-0.39, 0.29) is 11.3 Å². The highest BCUT2D eigenvalue weighted by Gasteiger charge is 2.37. The van der Waals surface area contributed by atoms with Crippen LogP contribution in [0.4, 0.5) is 0 Å². The Labute approximate surface area is 121 Å². The van der Waals surface area contributed by atoms with Gasteiger partial charge < -0.3 is 15.0 Å². The van der Waals surface area contributed by atoms with Crippen LogP contribution < -0.4 is 10.1 Å². The fourth-order valence-electron chi connectivity index (χ4n) is 2.76. The molecule has 1 N–H and O–H groups in total. The molecule has 4 nitrogen and oxygen atoms in total. The maximum atomic E-state index is 12.5. The summed E-state index contributed by atoms with van der Waals surface area (Å²) in [6.45, 7) is 4.48. The van der Waals surface area contributed by atoms with Gasteiger partial charge in [0.2, 0.25) is 5.91 Å². The predicted octanol–water partition coefficient (Wildman–Crippen LogP) is 1.70. The van der Waals surface area contributed by atoms with Crippen LogP contribution >= 0.6 is 0 Å². The fourth-order valence-corrected chi connectivity index (χ4v) is 2.76. The van der Waals surface area contributed by atoms with Gasteiger partial charge in [0.05, 0.1) is 12.5 Å². The number of nitrogens with zero attached hydrogens (tertiary/aromatic N) is 1. The smallest absolute Gasteiger partial charge is 0.229 e. The lowest BCUT2D eigenvalue weighted by molar-refractivity contribution is -0.138. The van der Waals surface area contributed by atoms with E-state index in [0.717, 1.165) is 43.8 Å². The molecule has 1 fully saturated rings. The lowest BCUT2D eigenvalue weighted by Gasteiger charge is -2.28. The fraction of sp³-hybridized carbons (Fsp3) is 0.562. The largest absolute Gasteiger partial charge is 0.496 e. The Kier molecular flexibility index (Phi) is 4.65. The van der Waals surface area contributed by atoms with Gasteiger partial charge in [0, 0.05) is 20.1 Å². The van der Waals surface area contributed by atoms with Gasteiger partial charge in [-0.1, -0.05) is 18.2 Å². The molecule has 1 heterocycles. The Hall–Kier alpha value is -1.55. The van der Waals surface area contributed by atoms with E-state index in [4.69, 9.17) is 4.74 Å². The summed E-state index contributed by atoms with van der Waals surface area (Å²) >= 11 is 0. The molecule has 1 aliphatic heterocycles. The lowest BCUT2D eigenvalue weighted by atomic mass is 9.88. The number of hydrogen-bond donors (Lipinski definition) is 1. The Balaban J connectivity index is 1.95. The van der Waals surface area contributed by atoms with Crippen molar-refractivity contribution in [1.29, 1.82) is 0 Å². The van der Waals surface area contributed by atoms with Crippen LogP contribution in [-0.2, 0) is 11.2 Å². The van der Waals surface area contributed by atoms with Crippen molar-refractivity contribution in [3.63, 3.8) is 0 Å². The van der Waals surface area contributed by atoms with Crippen LogP contribution in [0.5, 0.6) is 5.75 Å². The summed E-state index contributed by atoms with van der Waals surface area (Å²) in [6.07, 6.45) is 1.74. The van der Waals surface area contributed by atoms with Crippen LogP contribution in [0.3, 0.4) is 0 Å². The van der Waals surface area contributed by atoms with Gasteiger partial charge in [-0.05, 0) is 37.9 Å². The molecule has 1 atom stereocenters. The first-order valence-electron chi connectivity index (χ1n) is 7.15. The highest BCUT2D eigenvalue weighted by Crippen LogP contribution is 2.27. The molecule has 1 aromatic carbocycles. The third kappa shape index (κ3) is 3.12. The highest BCUT2D eigenvalue weighted by atomic mass is 16.5. The van der Waals surface area contributed by atoms with Crippen LogP contribution in [0.25, 0.3) is 0 Å². The average molecular weight is 276 g/mol. The van der Waals surface area contributed by atoms with E-state index < -0.39 is 0 Å². The number of rotatable bonds is 5. The highest BCUT2D eigenvalue weighted by molar-refractivity contribution is 5.82. The maximum Gasteiger partial charge on any atom is 0.229 e. The zero-order chi connectivity index (χ0) is 14.6. The zero-order valence-electron chi connectivity index (χ0n) is 12.6. The summed E-state index contributed by atoms with van der Waals surface area (Å²) in [5.41, 5.74) is 0.902. The molecule has 0 unspecified atom stereocenters. The first-order chi connectivity index (χ1) is 9.57. The molecule has 0 radical (unpaired) electrons. The van der Waals surface area contributed by atoms with Gasteiger partial charge in [-0.15, -0.1) is 0 Å². The van der Waals surface area contributed by atoms with Crippen molar-refractivity contribution in [3.05, 3.63) is 29.8 Å². The molecule has 0 spiro atoms. The summed E-state index contributed by atoms with van der Waals surface area (Å²) < 4.78 is 5.34. The van der Waals surface area contributed by atoms with Crippen molar-refractivity contribution in [2.45, 2.75) is 19.8 Å². The van der Waals surface area contributed by atoms with E-state index in [1.807, 2.05) is 30.1 Å². The van der Waals surface area contributed by atoms with E-state index in [1.54, 1.807) is 7.11 Å². The molecule has 1 aliphatic rings. The van der Waals surface area contributed by atoms with E-state index in [1.165, 1.54) is 0 Å². The molecular weight excluding hydrogens is 252 g/mol. The minimum atomic E-state index is -0.241. The van der Waals surface area contributed by atoms with Crippen LogP contribution in [0.15, 0.2) is 24.3 Å². The molecule has 2 rings (SSSR count). The third-order valence-electron chi connectivity index (χ3n) is 4.14. The van der Waals surface area contributed by atoms with Gasteiger partial charge in [-0.25, -0.2) is 0 Å². The number of hydrogen-bond acceptors (Lipinski definition) is 3. The Bertz CT molecular complexity index is 467. The number of carbonyl (C=O) groups excluding carboxylic acids is 1. The molecule has 0 bridgehead atoms. The molecule has 20 heavy (non-hydrogen) atoms. The number of benzene rings is 1. The topological polar surface area (TPSA) is 41.6 Å². The van der Waals surface area contributed by atoms with Crippen molar-refractivity contribution < 1.29 is 9.53 Å². The van der Waals surface area contributed by atoms with Crippen molar-refractivity contribution in [1.82, 2.24) is 10.2 Å². The number of carbonyl (C=O) groups is 1. The van der Waals surface area contributed by atoms with Crippen molar-refractivity contribution >= 4 is 5.91 Å². The lowest BCUT2D eigenvalue weighted by Crippen LogP contribution is -2.42. The third-order valence-corrected chi connectivity index (χ3v) is 4.14. The summed E-state index contributed by atoms with van der Waals surface area (Å²) in [7, 11) is 3.57. The molecular formula is C16H24N2O2. The second kappa shape index (κ2) is 6.27. The number of nitrogens with one attached hydrogen (secondary N) is 1. The number of methoxy groups -OCH3 is 1. The molecule has 0 aliphatic carbocycles. The molecule has 1 saturated heterocycles. The first kappa shape index (κ1) is 14.9. The van der Waals surface area contributed by atoms with Gasteiger partial charge in [-0.2, -0.15) is 0 Å². The molecule has 1 amide bonds. The quantitative estimate of drug-likeness (QED) is 0.890. The second-order valence-corrected chi connectivity index (χ2v) is 5.78. The first-order valence-corrected chi connectivity index (χ1v) is 7.15. The number of para-hydroxylation sites is 1. The van der Waals surface area contributed by atoms with Crippen molar-refractivity contribution in [2.75, 3.05) is 33.8 Å². The van der Waals surface area contributed by atoms with Gasteiger partial charge >= 0.3 is 0 Å². The van der Waals surface area contributed by atoms with Crippen LogP contribution in [0.2, 0.25) is 0 Å². The number of amides is 1. The predicted molar refractivity (Wildman–Crippen MR) is 79.9 cm³/mol. The van der Waals surface area contributed by atoms with Gasteiger partial charge in [0.15, 0.2) is 0 Å². The van der Waals surface area contributed by atoms with E-state index >= 15 is 0 Å². The Morgan fingerprint density at radius 1 is 1.45 bits per heavy atom. The molecule has 110 valence electrons. The van der Waals surface area contributed by atoms with Gasteiger partial charge in [0.25, 0.3) is 0 Å². The van der Waals surface area contributed by atoms with E-state index in [9.17, 15) is 4.79 Å². The Morgan fingerprint density at radius 3 is 2.85 bits per heavy atom. The summed E-state index contributed by atoms with van der Waals surface area (Å²) in [6, 6.07) is 7.97. The standard InChI is InChI=1S/C16H24N2O2/c1-16(9-10-17-12-16)15(19)18(2)11-8-13-6-4-5-7-14(13)20-3/h4-7,17H,8-12H2,1-3H3/t16-/m0/s1. The molecule has 1 aromatic rings.